The van der Waals surface area contributed by atoms with Crippen LogP contribution in [0.5, 0.6) is 0 Å². The highest BCUT2D eigenvalue weighted by molar-refractivity contribution is 5.76. The first-order valence-corrected chi connectivity index (χ1v) is 12.6. The van der Waals surface area contributed by atoms with Gasteiger partial charge in [-0.15, -0.1) is 0 Å². The van der Waals surface area contributed by atoms with Crippen molar-refractivity contribution in [1.29, 1.82) is 0 Å². The lowest BCUT2D eigenvalue weighted by Crippen LogP contribution is -2.46. The molecule has 0 aliphatic carbocycles. The molecule has 7 nitrogen and oxygen atoms in total. The second-order valence-electron chi connectivity index (χ2n) is 9.48. The maximum atomic E-state index is 12.3. The van der Waals surface area contributed by atoms with E-state index in [1.807, 2.05) is 12.3 Å². The Morgan fingerprint density at radius 2 is 1.84 bits per heavy atom. The summed E-state index contributed by atoms with van der Waals surface area (Å²) in [5, 5.41) is 3.60. The lowest BCUT2D eigenvalue weighted by molar-refractivity contribution is -0.132. The summed E-state index contributed by atoms with van der Waals surface area (Å²) in [6.07, 6.45) is 13.2. The first kappa shape index (κ1) is 22.3. The van der Waals surface area contributed by atoms with Crippen LogP contribution in [-0.2, 0) is 4.79 Å². The molecule has 1 N–H and O–H groups in total. The van der Waals surface area contributed by atoms with Gasteiger partial charge in [-0.2, -0.15) is 4.98 Å². The number of amides is 1. The summed E-state index contributed by atoms with van der Waals surface area (Å²) in [5.41, 5.74) is 0. The Kier molecular flexibility index (Phi) is 8.00. The third-order valence-corrected chi connectivity index (χ3v) is 7.20. The smallest absolute Gasteiger partial charge is 0.224 e. The number of unbranched alkanes of at least 4 members (excludes halogenated alkanes) is 1. The number of nitrogens with one attached hydrogen (secondary N) is 1. The zero-order valence-electron chi connectivity index (χ0n) is 19.3. The Hall–Kier alpha value is -1.89. The molecule has 1 amide bonds. The van der Waals surface area contributed by atoms with E-state index in [4.69, 9.17) is 4.98 Å². The van der Waals surface area contributed by atoms with Gasteiger partial charge in [0, 0.05) is 64.0 Å². The molecule has 3 aliphatic rings. The molecule has 1 aromatic heterocycles. The summed E-state index contributed by atoms with van der Waals surface area (Å²) in [5.74, 6) is 2.18. The monoisotopic (exact) mass is 428 g/mol. The molecule has 1 aromatic rings. The Labute approximate surface area is 187 Å². The molecule has 4 rings (SSSR count). The van der Waals surface area contributed by atoms with Crippen molar-refractivity contribution in [3.63, 3.8) is 0 Å². The van der Waals surface area contributed by atoms with Crippen LogP contribution >= 0.6 is 0 Å². The van der Waals surface area contributed by atoms with Gasteiger partial charge in [-0.1, -0.05) is 26.2 Å². The van der Waals surface area contributed by atoms with Crippen LogP contribution in [0.4, 0.5) is 11.8 Å². The van der Waals surface area contributed by atoms with E-state index in [9.17, 15) is 4.79 Å². The Balaban J connectivity index is 1.24. The van der Waals surface area contributed by atoms with Gasteiger partial charge in [-0.25, -0.2) is 4.98 Å². The van der Waals surface area contributed by atoms with E-state index in [0.29, 0.717) is 24.4 Å². The molecule has 3 aliphatic heterocycles. The lowest BCUT2D eigenvalue weighted by atomic mass is 10.0. The van der Waals surface area contributed by atoms with Crippen molar-refractivity contribution in [1.82, 2.24) is 19.8 Å². The fourth-order valence-electron chi connectivity index (χ4n) is 5.28. The third-order valence-electron chi connectivity index (χ3n) is 7.20. The maximum Gasteiger partial charge on any atom is 0.224 e. The molecular weight excluding hydrogens is 388 g/mol. The van der Waals surface area contributed by atoms with Crippen LogP contribution in [0.2, 0.25) is 0 Å². The van der Waals surface area contributed by atoms with Gasteiger partial charge in [-0.3, -0.25) is 9.69 Å². The minimum Gasteiger partial charge on any atom is -0.356 e. The number of aromatic nitrogens is 2. The zero-order chi connectivity index (χ0) is 21.5. The average Bonchev–Trinajstić information content (AvgIpc) is 3.09. The number of hydrogen-bond acceptors (Lipinski definition) is 6. The van der Waals surface area contributed by atoms with Crippen molar-refractivity contribution in [2.75, 3.05) is 49.5 Å². The predicted octanol–water partition coefficient (Wildman–Crippen LogP) is 3.52. The summed E-state index contributed by atoms with van der Waals surface area (Å²) >= 11 is 0. The normalized spacial score (nSPS) is 23.7. The summed E-state index contributed by atoms with van der Waals surface area (Å²) in [7, 11) is 0. The first-order chi connectivity index (χ1) is 15.2. The largest absolute Gasteiger partial charge is 0.356 e. The quantitative estimate of drug-likeness (QED) is 0.717. The first-order valence-electron chi connectivity index (χ1n) is 12.6. The molecule has 0 saturated carbocycles. The van der Waals surface area contributed by atoms with E-state index in [1.54, 1.807) is 0 Å². The molecule has 3 saturated heterocycles. The van der Waals surface area contributed by atoms with Gasteiger partial charge in [0.1, 0.15) is 5.82 Å². The molecule has 3 fully saturated rings. The molecule has 0 bridgehead atoms. The lowest BCUT2D eigenvalue weighted by Gasteiger charge is -2.37. The zero-order valence-corrected chi connectivity index (χ0v) is 19.3. The minimum atomic E-state index is 0.350. The molecule has 172 valence electrons. The van der Waals surface area contributed by atoms with Gasteiger partial charge in [0.2, 0.25) is 11.9 Å². The van der Waals surface area contributed by atoms with Gasteiger partial charge in [-0.05, 0) is 44.6 Å². The average molecular weight is 429 g/mol. The van der Waals surface area contributed by atoms with Gasteiger partial charge in [0.05, 0.1) is 0 Å². The van der Waals surface area contributed by atoms with Crippen molar-refractivity contribution >= 4 is 17.7 Å². The number of anilines is 2. The van der Waals surface area contributed by atoms with Crippen molar-refractivity contribution in [2.45, 2.75) is 83.2 Å². The fraction of sp³-hybridized carbons (Fsp3) is 0.792. The van der Waals surface area contributed by atoms with Crippen molar-refractivity contribution < 1.29 is 4.79 Å². The molecule has 0 spiro atoms. The van der Waals surface area contributed by atoms with Crippen molar-refractivity contribution in [2.24, 2.45) is 0 Å². The van der Waals surface area contributed by atoms with Gasteiger partial charge in [0.15, 0.2) is 0 Å². The molecule has 4 heterocycles. The highest BCUT2D eigenvalue weighted by Crippen LogP contribution is 2.24. The van der Waals surface area contributed by atoms with E-state index < -0.39 is 0 Å². The van der Waals surface area contributed by atoms with Gasteiger partial charge >= 0.3 is 0 Å². The molecule has 7 heteroatoms. The van der Waals surface area contributed by atoms with Crippen LogP contribution in [-0.4, -0.2) is 77.0 Å². The number of hydrogen-bond donors (Lipinski definition) is 1. The molecule has 0 aromatic carbocycles. The highest BCUT2D eigenvalue weighted by Gasteiger charge is 2.32. The van der Waals surface area contributed by atoms with Crippen molar-refractivity contribution in [3.05, 3.63) is 12.3 Å². The SMILES string of the molecule is CCCCC(=O)N1CCC(N2CCC(Nc3nccc(N4CCCCCC4)n3)C2)CC1. The summed E-state index contributed by atoms with van der Waals surface area (Å²) in [6.45, 7) is 8.36. The van der Waals surface area contributed by atoms with E-state index in [1.165, 1.54) is 25.7 Å². The Morgan fingerprint density at radius 3 is 2.58 bits per heavy atom. The fourth-order valence-corrected chi connectivity index (χ4v) is 5.28. The van der Waals surface area contributed by atoms with E-state index in [0.717, 1.165) is 83.1 Å². The number of rotatable bonds is 7. The van der Waals surface area contributed by atoms with Crippen LogP contribution in [0.3, 0.4) is 0 Å². The minimum absolute atomic E-state index is 0.350. The van der Waals surface area contributed by atoms with Crippen LogP contribution in [0.1, 0.15) is 71.1 Å². The predicted molar refractivity (Wildman–Crippen MR) is 125 cm³/mol. The van der Waals surface area contributed by atoms with E-state index in [2.05, 4.69) is 31.9 Å². The maximum absolute atomic E-state index is 12.3. The van der Waals surface area contributed by atoms with Crippen LogP contribution in [0.15, 0.2) is 12.3 Å². The third kappa shape index (κ3) is 6.09. The molecule has 1 atom stereocenters. The topological polar surface area (TPSA) is 64.6 Å². The highest BCUT2D eigenvalue weighted by atomic mass is 16.2. The molecule has 1 unspecified atom stereocenters. The van der Waals surface area contributed by atoms with E-state index >= 15 is 0 Å². The van der Waals surface area contributed by atoms with E-state index in [-0.39, 0.29) is 0 Å². The summed E-state index contributed by atoms with van der Waals surface area (Å²) < 4.78 is 0. The van der Waals surface area contributed by atoms with Gasteiger partial charge < -0.3 is 15.1 Å². The number of piperidine rings is 1. The Bertz CT molecular complexity index is 697. The summed E-state index contributed by atoms with van der Waals surface area (Å²) in [4.78, 5) is 28.7. The number of nitrogens with zero attached hydrogens (tertiary/aromatic N) is 5. The molecule has 31 heavy (non-hydrogen) atoms. The molecular formula is C24H40N6O. The second-order valence-corrected chi connectivity index (χ2v) is 9.48. The number of carbonyl (C=O) groups excluding carboxylic acids is 1. The van der Waals surface area contributed by atoms with Crippen LogP contribution in [0.25, 0.3) is 0 Å². The summed E-state index contributed by atoms with van der Waals surface area (Å²) in [6, 6.07) is 3.06. The van der Waals surface area contributed by atoms with Gasteiger partial charge in [0.25, 0.3) is 0 Å². The van der Waals surface area contributed by atoms with Crippen LogP contribution < -0.4 is 10.2 Å². The number of likely N-dealkylation sites (tertiary alicyclic amines) is 2. The van der Waals surface area contributed by atoms with Crippen molar-refractivity contribution in [3.8, 4) is 0 Å². The number of carbonyl (C=O) groups is 1. The Morgan fingerprint density at radius 1 is 1.06 bits per heavy atom. The second kappa shape index (κ2) is 11.1. The standard InChI is InChI=1S/C24H40N6O/c1-2-3-8-23(31)29-17-11-21(12-18-29)30-16-10-20(19-30)26-24-25-13-9-22(27-24)28-14-6-4-5-7-15-28/h9,13,20-21H,2-8,10-12,14-19H2,1H3,(H,25,26,27). The molecule has 0 radical (unpaired) electrons. The van der Waals surface area contributed by atoms with Crippen LogP contribution in [0, 0.1) is 0 Å².